The van der Waals surface area contributed by atoms with Crippen molar-refractivity contribution in [2.45, 2.75) is 11.8 Å². The maximum absolute atomic E-state index is 11.3. The quantitative estimate of drug-likeness (QED) is 0.572. The summed E-state index contributed by atoms with van der Waals surface area (Å²) in [4.78, 5) is 1.89. The summed E-state index contributed by atoms with van der Waals surface area (Å²) in [5.74, 6) is 4.87. The molecule has 72 valence electrons. The fourth-order valence-electron chi connectivity index (χ4n) is 0.978. The number of rotatable bonds is 2. The zero-order chi connectivity index (χ0) is 10.1. The normalized spacial score (nSPS) is 11.6. The molecule has 1 rings (SSSR count). The second-order valence-electron chi connectivity index (χ2n) is 2.53. The highest BCUT2D eigenvalue weighted by Gasteiger charge is 2.14. The zero-order valence-electron chi connectivity index (χ0n) is 6.91. The molecule has 1 aromatic carbocycles. The van der Waals surface area contributed by atoms with E-state index in [2.05, 4.69) is 0 Å². The number of aryl methyl sites for hydroxylation is 1. The number of hydrogen-bond acceptors (Lipinski definition) is 3. The zero-order valence-corrected chi connectivity index (χ0v) is 8.48. The van der Waals surface area contributed by atoms with Gasteiger partial charge in [-0.2, -0.15) is 4.83 Å². The summed E-state index contributed by atoms with van der Waals surface area (Å²) in [5.41, 5.74) is 0.561. The summed E-state index contributed by atoms with van der Waals surface area (Å²) in [5, 5.41) is 0.494. The molecule has 0 heterocycles. The second-order valence-corrected chi connectivity index (χ2v) is 4.65. The Labute approximate surface area is 81.7 Å². The fourth-order valence-corrected chi connectivity index (χ4v) is 2.06. The Hall–Kier alpha value is -0.620. The van der Waals surface area contributed by atoms with Gasteiger partial charge in [0.1, 0.15) is 0 Å². The average molecular weight is 221 g/mol. The van der Waals surface area contributed by atoms with Gasteiger partial charge in [-0.1, -0.05) is 11.6 Å². The van der Waals surface area contributed by atoms with E-state index in [9.17, 15) is 8.42 Å². The summed E-state index contributed by atoms with van der Waals surface area (Å²) in [6.07, 6.45) is 0. The molecule has 0 unspecified atom stereocenters. The van der Waals surface area contributed by atoms with Crippen molar-refractivity contribution in [2.75, 3.05) is 0 Å². The summed E-state index contributed by atoms with van der Waals surface area (Å²) in [7, 11) is -3.58. The van der Waals surface area contributed by atoms with Crippen LogP contribution in [0.5, 0.6) is 0 Å². The van der Waals surface area contributed by atoms with Crippen LogP contribution in [0.2, 0.25) is 5.02 Å². The Morgan fingerprint density at radius 1 is 1.46 bits per heavy atom. The van der Waals surface area contributed by atoms with Gasteiger partial charge in [0.2, 0.25) is 0 Å². The van der Waals surface area contributed by atoms with Crippen LogP contribution in [0.25, 0.3) is 0 Å². The Kier molecular flexibility index (Phi) is 2.92. The minimum Gasteiger partial charge on any atom is -0.257 e. The Morgan fingerprint density at radius 2 is 2.08 bits per heavy atom. The van der Waals surface area contributed by atoms with E-state index in [0.717, 1.165) is 0 Å². The van der Waals surface area contributed by atoms with E-state index in [1.807, 2.05) is 0 Å². The number of sulfonamides is 1. The first-order valence-electron chi connectivity index (χ1n) is 3.46. The molecule has 0 aliphatic rings. The summed E-state index contributed by atoms with van der Waals surface area (Å²) < 4.78 is 22.5. The van der Waals surface area contributed by atoms with Gasteiger partial charge in [0.25, 0.3) is 10.0 Å². The Balaban J connectivity index is 3.33. The van der Waals surface area contributed by atoms with Gasteiger partial charge in [0.15, 0.2) is 0 Å². The molecule has 0 aliphatic carbocycles. The highest BCUT2D eigenvalue weighted by atomic mass is 35.5. The van der Waals surface area contributed by atoms with Gasteiger partial charge >= 0.3 is 0 Å². The van der Waals surface area contributed by atoms with Gasteiger partial charge in [0.05, 0.1) is 4.90 Å². The largest absolute Gasteiger partial charge is 0.257 e. The predicted octanol–water partition coefficient (Wildman–Crippen LogP) is 0.800. The van der Waals surface area contributed by atoms with Gasteiger partial charge in [-0.05, 0) is 30.7 Å². The minimum absolute atomic E-state index is 0.138. The van der Waals surface area contributed by atoms with E-state index < -0.39 is 10.0 Å². The standard InChI is InChI=1S/C7H9ClN2O2S/c1-5-4-6(8)2-3-7(5)13(11,12)10-9/h2-4,10H,9H2,1H3. The maximum Gasteiger partial charge on any atom is 0.253 e. The SMILES string of the molecule is Cc1cc(Cl)ccc1S(=O)(=O)NN. The lowest BCUT2D eigenvalue weighted by atomic mass is 10.2. The number of halogens is 1. The van der Waals surface area contributed by atoms with Crippen LogP contribution in [0.15, 0.2) is 23.1 Å². The molecule has 6 heteroatoms. The van der Waals surface area contributed by atoms with E-state index in [1.54, 1.807) is 17.8 Å². The highest BCUT2D eigenvalue weighted by Crippen LogP contribution is 2.18. The van der Waals surface area contributed by atoms with Gasteiger partial charge < -0.3 is 0 Å². The average Bonchev–Trinajstić information content (AvgIpc) is 2.03. The predicted molar refractivity (Wildman–Crippen MR) is 50.7 cm³/mol. The third kappa shape index (κ3) is 2.19. The van der Waals surface area contributed by atoms with Gasteiger partial charge in [0, 0.05) is 5.02 Å². The fraction of sp³-hybridized carbons (Fsp3) is 0.143. The molecular formula is C7H9ClN2O2S. The lowest BCUT2D eigenvalue weighted by molar-refractivity contribution is 0.583. The molecule has 3 N–H and O–H groups in total. The molecular weight excluding hydrogens is 212 g/mol. The summed E-state index contributed by atoms with van der Waals surface area (Å²) in [6, 6.07) is 4.47. The van der Waals surface area contributed by atoms with Crippen molar-refractivity contribution in [3.8, 4) is 0 Å². The van der Waals surface area contributed by atoms with E-state index in [-0.39, 0.29) is 4.90 Å². The van der Waals surface area contributed by atoms with Crippen molar-refractivity contribution in [1.29, 1.82) is 0 Å². The first-order valence-corrected chi connectivity index (χ1v) is 5.32. The third-order valence-corrected chi connectivity index (χ3v) is 3.16. The number of hydrogen-bond donors (Lipinski definition) is 2. The Bertz CT molecular complexity index is 417. The monoisotopic (exact) mass is 220 g/mol. The maximum atomic E-state index is 11.3. The number of nitrogens with two attached hydrogens (primary N) is 1. The van der Waals surface area contributed by atoms with Crippen LogP contribution < -0.4 is 10.7 Å². The lowest BCUT2D eigenvalue weighted by Gasteiger charge is -2.05. The van der Waals surface area contributed by atoms with Crippen molar-refractivity contribution >= 4 is 21.6 Å². The van der Waals surface area contributed by atoms with E-state index in [1.165, 1.54) is 12.1 Å². The highest BCUT2D eigenvalue weighted by molar-refractivity contribution is 7.89. The topological polar surface area (TPSA) is 72.2 Å². The molecule has 13 heavy (non-hydrogen) atoms. The second kappa shape index (κ2) is 3.63. The smallest absolute Gasteiger partial charge is 0.253 e. The molecule has 0 radical (unpaired) electrons. The van der Waals surface area contributed by atoms with Crippen LogP contribution in [-0.2, 0) is 10.0 Å². The van der Waals surface area contributed by atoms with Crippen LogP contribution in [0.1, 0.15) is 5.56 Å². The van der Waals surface area contributed by atoms with Crippen LogP contribution in [0.3, 0.4) is 0 Å². The van der Waals surface area contributed by atoms with E-state index >= 15 is 0 Å². The third-order valence-electron chi connectivity index (χ3n) is 1.58. The first-order chi connectivity index (χ1) is 5.97. The van der Waals surface area contributed by atoms with E-state index in [4.69, 9.17) is 17.4 Å². The minimum atomic E-state index is -3.58. The molecule has 4 nitrogen and oxygen atoms in total. The molecule has 0 saturated carbocycles. The van der Waals surface area contributed by atoms with Crippen LogP contribution in [-0.4, -0.2) is 8.42 Å². The molecule has 0 saturated heterocycles. The Morgan fingerprint density at radius 3 is 2.54 bits per heavy atom. The molecule has 0 spiro atoms. The van der Waals surface area contributed by atoms with Gasteiger partial charge in [-0.25, -0.2) is 8.42 Å². The molecule has 1 aromatic rings. The van der Waals surface area contributed by atoms with Crippen molar-refractivity contribution in [3.63, 3.8) is 0 Å². The van der Waals surface area contributed by atoms with Crippen LogP contribution in [0.4, 0.5) is 0 Å². The van der Waals surface area contributed by atoms with Crippen molar-refractivity contribution in [1.82, 2.24) is 4.83 Å². The van der Waals surface area contributed by atoms with Crippen molar-refractivity contribution in [2.24, 2.45) is 5.84 Å². The molecule has 0 atom stereocenters. The van der Waals surface area contributed by atoms with Crippen LogP contribution in [0, 0.1) is 6.92 Å². The molecule has 0 amide bonds. The first kappa shape index (κ1) is 10.5. The number of hydrazine groups is 1. The van der Waals surface area contributed by atoms with E-state index in [0.29, 0.717) is 10.6 Å². The van der Waals surface area contributed by atoms with Gasteiger partial charge in [-0.15, -0.1) is 0 Å². The van der Waals surface area contributed by atoms with Crippen molar-refractivity contribution in [3.05, 3.63) is 28.8 Å². The molecule has 0 aliphatic heterocycles. The number of nitrogens with one attached hydrogen (secondary N) is 1. The van der Waals surface area contributed by atoms with Gasteiger partial charge in [-0.3, -0.25) is 5.84 Å². The number of benzene rings is 1. The van der Waals surface area contributed by atoms with Crippen molar-refractivity contribution < 1.29 is 8.42 Å². The molecule has 0 aromatic heterocycles. The lowest BCUT2D eigenvalue weighted by Crippen LogP contribution is -2.30. The molecule has 0 fully saturated rings. The molecule has 0 bridgehead atoms. The summed E-state index contributed by atoms with van der Waals surface area (Å²) >= 11 is 5.66. The van der Waals surface area contributed by atoms with Crippen LogP contribution >= 0.6 is 11.6 Å². The summed E-state index contributed by atoms with van der Waals surface area (Å²) in [6.45, 7) is 1.65.